The molecule has 0 saturated heterocycles. The summed E-state index contributed by atoms with van der Waals surface area (Å²) in [6.45, 7) is 1.85. The zero-order valence-electron chi connectivity index (χ0n) is 13.0. The fourth-order valence-corrected chi connectivity index (χ4v) is 3.54. The van der Waals surface area contributed by atoms with E-state index < -0.39 is 23.4 Å². The number of amides is 2. The molecule has 1 atom stereocenters. The molecule has 0 radical (unpaired) electrons. The minimum absolute atomic E-state index is 0.183. The Labute approximate surface area is 142 Å². The zero-order valence-corrected chi connectivity index (χ0v) is 13.8. The maximum atomic E-state index is 13.5. The molecule has 1 aromatic heterocycles. The van der Waals surface area contributed by atoms with Crippen LogP contribution in [-0.2, 0) is 6.42 Å². The van der Waals surface area contributed by atoms with Crippen LogP contribution in [0.1, 0.15) is 12.5 Å². The normalized spacial score (nSPS) is 12.1. The number of carbonyl (C=O) groups excluding carboxylic acids is 1. The number of para-hydroxylation sites is 1. The standard InChI is InChI=1S/C18H16F2N2OS/c1-11(9-12-10-24-16-8-3-2-5-13(12)16)21-18(23)22-17-14(19)6-4-7-15(17)20/h2-8,10-11H,9H2,1H3,(H2,21,22,23)/t11-/m0/s1. The molecular formula is C18H16F2N2OS. The minimum Gasteiger partial charge on any atom is -0.335 e. The lowest BCUT2D eigenvalue weighted by Crippen LogP contribution is -2.37. The number of rotatable bonds is 4. The summed E-state index contributed by atoms with van der Waals surface area (Å²) in [5, 5.41) is 8.17. The van der Waals surface area contributed by atoms with Gasteiger partial charge in [-0.3, -0.25) is 0 Å². The van der Waals surface area contributed by atoms with Gasteiger partial charge in [-0.15, -0.1) is 11.3 Å². The van der Waals surface area contributed by atoms with E-state index >= 15 is 0 Å². The molecule has 1 heterocycles. The molecule has 2 aromatic carbocycles. The second-order valence-corrected chi connectivity index (χ2v) is 6.47. The van der Waals surface area contributed by atoms with Gasteiger partial charge in [-0.1, -0.05) is 24.3 Å². The third-order valence-corrected chi connectivity index (χ3v) is 4.68. The van der Waals surface area contributed by atoms with Crippen molar-refractivity contribution < 1.29 is 13.6 Å². The first kappa shape index (κ1) is 16.4. The van der Waals surface area contributed by atoms with Crippen molar-refractivity contribution in [2.45, 2.75) is 19.4 Å². The van der Waals surface area contributed by atoms with E-state index in [-0.39, 0.29) is 6.04 Å². The van der Waals surface area contributed by atoms with Crippen LogP contribution in [0.3, 0.4) is 0 Å². The van der Waals surface area contributed by atoms with Gasteiger partial charge in [0.15, 0.2) is 0 Å². The lowest BCUT2D eigenvalue weighted by Gasteiger charge is -2.15. The van der Waals surface area contributed by atoms with Gasteiger partial charge in [0.1, 0.15) is 17.3 Å². The van der Waals surface area contributed by atoms with Crippen molar-refractivity contribution in [2.75, 3.05) is 5.32 Å². The van der Waals surface area contributed by atoms with Gasteiger partial charge in [0.25, 0.3) is 0 Å². The minimum atomic E-state index is -0.804. The molecule has 0 aliphatic rings. The molecule has 24 heavy (non-hydrogen) atoms. The largest absolute Gasteiger partial charge is 0.335 e. The van der Waals surface area contributed by atoms with Crippen molar-refractivity contribution in [3.05, 3.63) is 65.0 Å². The number of thiophene rings is 1. The molecule has 3 nitrogen and oxygen atoms in total. The first-order chi connectivity index (χ1) is 11.5. The molecule has 0 bridgehead atoms. The summed E-state index contributed by atoms with van der Waals surface area (Å²) in [5.74, 6) is -1.61. The molecule has 0 saturated carbocycles. The topological polar surface area (TPSA) is 41.1 Å². The first-order valence-electron chi connectivity index (χ1n) is 7.51. The maximum Gasteiger partial charge on any atom is 0.319 e. The Kier molecular flexibility index (Phi) is 4.76. The molecule has 124 valence electrons. The highest BCUT2D eigenvalue weighted by molar-refractivity contribution is 7.17. The summed E-state index contributed by atoms with van der Waals surface area (Å²) in [7, 11) is 0. The highest BCUT2D eigenvalue weighted by Gasteiger charge is 2.14. The average molecular weight is 346 g/mol. The summed E-state index contributed by atoms with van der Waals surface area (Å²) < 4.78 is 28.3. The fourth-order valence-electron chi connectivity index (χ4n) is 2.56. The number of halogens is 2. The molecule has 0 fully saturated rings. The molecule has 2 amide bonds. The lowest BCUT2D eigenvalue weighted by atomic mass is 10.1. The van der Waals surface area contributed by atoms with Gasteiger partial charge in [0.2, 0.25) is 0 Å². The van der Waals surface area contributed by atoms with Crippen molar-refractivity contribution in [3.63, 3.8) is 0 Å². The Morgan fingerprint density at radius 2 is 1.83 bits per heavy atom. The SMILES string of the molecule is C[C@@H](Cc1csc2ccccc12)NC(=O)Nc1c(F)cccc1F. The molecular weight excluding hydrogens is 330 g/mol. The molecule has 2 N–H and O–H groups in total. The number of benzene rings is 2. The third-order valence-electron chi connectivity index (χ3n) is 3.67. The Balaban J connectivity index is 1.64. The van der Waals surface area contributed by atoms with Gasteiger partial charge in [0, 0.05) is 10.7 Å². The Morgan fingerprint density at radius 1 is 1.12 bits per heavy atom. The summed E-state index contributed by atoms with van der Waals surface area (Å²) in [6, 6.07) is 10.7. The van der Waals surface area contributed by atoms with Crippen LogP contribution < -0.4 is 10.6 Å². The van der Waals surface area contributed by atoms with Crippen LogP contribution >= 0.6 is 11.3 Å². The van der Waals surface area contributed by atoms with Crippen molar-refractivity contribution in [3.8, 4) is 0 Å². The smallest absolute Gasteiger partial charge is 0.319 e. The van der Waals surface area contributed by atoms with Crippen LogP contribution in [0.2, 0.25) is 0 Å². The van der Waals surface area contributed by atoms with Crippen molar-refractivity contribution in [2.24, 2.45) is 0 Å². The summed E-state index contributed by atoms with van der Waals surface area (Å²) in [5.41, 5.74) is 0.698. The highest BCUT2D eigenvalue weighted by Crippen LogP contribution is 2.26. The van der Waals surface area contributed by atoms with Crippen LogP contribution in [0.15, 0.2) is 47.8 Å². The summed E-state index contributed by atoms with van der Waals surface area (Å²) >= 11 is 1.65. The Bertz CT molecular complexity index is 858. The number of fused-ring (bicyclic) bond motifs is 1. The van der Waals surface area contributed by atoms with Crippen molar-refractivity contribution >= 4 is 33.1 Å². The van der Waals surface area contributed by atoms with Crippen LogP contribution in [0.5, 0.6) is 0 Å². The third kappa shape index (κ3) is 3.54. The van der Waals surface area contributed by atoms with E-state index in [1.807, 2.05) is 25.1 Å². The summed E-state index contributed by atoms with van der Waals surface area (Å²) in [6.07, 6.45) is 0.636. The van der Waals surface area contributed by atoms with E-state index in [0.717, 1.165) is 23.1 Å². The predicted octanol–water partition coefficient (Wildman–Crippen LogP) is 4.93. The number of carbonyl (C=O) groups is 1. The molecule has 3 aromatic rings. The van der Waals surface area contributed by atoms with Crippen LogP contribution in [-0.4, -0.2) is 12.1 Å². The Morgan fingerprint density at radius 3 is 2.58 bits per heavy atom. The summed E-state index contributed by atoms with van der Waals surface area (Å²) in [4.78, 5) is 12.0. The van der Waals surface area contributed by atoms with Gasteiger partial charge in [-0.05, 0) is 47.9 Å². The van der Waals surface area contributed by atoms with E-state index in [2.05, 4.69) is 22.1 Å². The number of anilines is 1. The second-order valence-electron chi connectivity index (χ2n) is 5.56. The van der Waals surface area contributed by atoms with Crippen molar-refractivity contribution in [1.29, 1.82) is 0 Å². The molecule has 0 unspecified atom stereocenters. The number of nitrogens with one attached hydrogen (secondary N) is 2. The molecule has 0 spiro atoms. The predicted molar refractivity (Wildman–Crippen MR) is 93.5 cm³/mol. The number of hydrogen-bond donors (Lipinski definition) is 2. The van der Waals surface area contributed by atoms with Gasteiger partial charge in [-0.2, -0.15) is 0 Å². The Hall–Kier alpha value is -2.47. The zero-order chi connectivity index (χ0) is 17.1. The van der Waals surface area contributed by atoms with E-state index in [4.69, 9.17) is 0 Å². The van der Waals surface area contributed by atoms with Gasteiger partial charge < -0.3 is 10.6 Å². The second kappa shape index (κ2) is 6.97. The van der Waals surface area contributed by atoms with Crippen molar-refractivity contribution in [1.82, 2.24) is 5.32 Å². The quantitative estimate of drug-likeness (QED) is 0.691. The van der Waals surface area contributed by atoms with E-state index in [1.54, 1.807) is 11.3 Å². The van der Waals surface area contributed by atoms with Gasteiger partial charge in [-0.25, -0.2) is 13.6 Å². The maximum absolute atomic E-state index is 13.5. The van der Waals surface area contributed by atoms with E-state index in [1.165, 1.54) is 10.8 Å². The van der Waals surface area contributed by atoms with Crippen LogP contribution in [0.25, 0.3) is 10.1 Å². The monoisotopic (exact) mass is 346 g/mol. The number of urea groups is 1. The van der Waals surface area contributed by atoms with Gasteiger partial charge in [0.05, 0.1) is 0 Å². The van der Waals surface area contributed by atoms with Gasteiger partial charge >= 0.3 is 6.03 Å². The number of hydrogen-bond acceptors (Lipinski definition) is 2. The first-order valence-corrected chi connectivity index (χ1v) is 8.39. The van der Waals surface area contributed by atoms with Crippen LogP contribution in [0, 0.1) is 11.6 Å². The van der Waals surface area contributed by atoms with Crippen LogP contribution in [0.4, 0.5) is 19.3 Å². The molecule has 0 aliphatic heterocycles. The lowest BCUT2D eigenvalue weighted by molar-refractivity contribution is 0.249. The van der Waals surface area contributed by atoms with E-state index in [9.17, 15) is 13.6 Å². The highest BCUT2D eigenvalue weighted by atomic mass is 32.1. The average Bonchev–Trinajstić information content (AvgIpc) is 2.94. The molecule has 3 rings (SSSR count). The molecule has 0 aliphatic carbocycles. The fraction of sp³-hybridized carbons (Fsp3) is 0.167. The van der Waals surface area contributed by atoms with E-state index in [0.29, 0.717) is 6.42 Å². The molecule has 6 heteroatoms.